The van der Waals surface area contributed by atoms with Gasteiger partial charge in [-0.15, -0.1) is 0 Å². The molecule has 0 atom stereocenters. The number of hydrogen-bond donors (Lipinski definition) is 0. The van der Waals surface area contributed by atoms with Crippen molar-refractivity contribution >= 4 is 0 Å². The zero-order valence-corrected chi connectivity index (χ0v) is 12.2. The van der Waals surface area contributed by atoms with Crippen LogP contribution in [0.2, 0.25) is 0 Å². The summed E-state index contributed by atoms with van der Waals surface area (Å²) in [6.45, 7) is 2.89. The van der Waals surface area contributed by atoms with E-state index in [4.69, 9.17) is 4.98 Å². The lowest BCUT2D eigenvalue weighted by molar-refractivity contribution is 0.238. The normalized spacial score (nSPS) is 18.5. The standard InChI is InChI=1S/C17H20N4/c1-2-7-18-15(3-1)11-21-8-6-14-10-19-17(9-13-4-5-13)20-16(14)12-21/h1-3,7,10,13H,4-6,8-9,11-12H2. The lowest BCUT2D eigenvalue weighted by atomic mass is 10.1. The van der Waals surface area contributed by atoms with Crippen LogP contribution in [0, 0.1) is 5.92 Å². The van der Waals surface area contributed by atoms with Gasteiger partial charge < -0.3 is 0 Å². The molecule has 0 amide bonds. The quantitative estimate of drug-likeness (QED) is 0.862. The molecule has 0 N–H and O–H groups in total. The first kappa shape index (κ1) is 12.9. The van der Waals surface area contributed by atoms with Crippen molar-refractivity contribution < 1.29 is 0 Å². The topological polar surface area (TPSA) is 41.9 Å². The fourth-order valence-corrected chi connectivity index (χ4v) is 2.93. The van der Waals surface area contributed by atoms with Gasteiger partial charge in [0.2, 0.25) is 0 Å². The first-order valence-corrected chi connectivity index (χ1v) is 7.83. The van der Waals surface area contributed by atoms with Crippen LogP contribution in [0.1, 0.15) is 35.6 Å². The Hall–Kier alpha value is -1.81. The van der Waals surface area contributed by atoms with E-state index in [0.717, 1.165) is 49.9 Å². The van der Waals surface area contributed by atoms with Gasteiger partial charge in [-0.3, -0.25) is 9.88 Å². The zero-order chi connectivity index (χ0) is 14.1. The van der Waals surface area contributed by atoms with Gasteiger partial charge in [-0.25, -0.2) is 9.97 Å². The van der Waals surface area contributed by atoms with E-state index in [2.05, 4.69) is 33.2 Å². The molecule has 2 aromatic heterocycles. The van der Waals surface area contributed by atoms with Gasteiger partial charge in [-0.05, 0) is 42.9 Å². The molecule has 0 spiro atoms. The molecule has 0 saturated heterocycles. The maximum atomic E-state index is 4.81. The van der Waals surface area contributed by atoms with Gasteiger partial charge in [0.25, 0.3) is 0 Å². The molecular weight excluding hydrogens is 260 g/mol. The van der Waals surface area contributed by atoms with Crippen molar-refractivity contribution in [2.24, 2.45) is 5.92 Å². The van der Waals surface area contributed by atoms with Crippen molar-refractivity contribution in [3.63, 3.8) is 0 Å². The Labute approximate surface area is 125 Å². The first-order chi connectivity index (χ1) is 10.4. The molecule has 21 heavy (non-hydrogen) atoms. The van der Waals surface area contributed by atoms with E-state index >= 15 is 0 Å². The highest BCUT2D eigenvalue weighted by Gasteiger charge is 2.24. The van der Waals surface area contributed by atoms with E-state index in [1.165, 1.54) is 24.1 Å². The fraction of sp³-hybridized carbons (Fsp3) is 0.471. The third kappa shape index (κ3) is 3.10. The molecule has 3 heterocycles. The lowest BCUT2D eigenvalue weighted by Gasteiger charge is -2.27. The Morgan fingerprint density at radius 1 is 1.19 bits per heavy atom. The van der Waals surface area contributed by atoms with Gasteiger partial charge in [0, 0.05) is 38.4 Å². The molecule has 4 rings (SSSR count). The molecule has 4 heteroatoms. The fourth-order valence-electron chi connectivity index (χ4n) is 2.93. The summed E-state index contributed by atoms with van der Waals surface area (Å²) < 4.78 is 0. The number of pyridine rings is 1. The van der Waals surface area contributed by atoms with Crippen LogP contribution in [0.15, 0.2) is 30.6 Å². The van der Waals surface area contributed by atoms with Crippen LogP contribution >= 0.6 is 0 Å². The Kier molecular flexibility index (Phi) is 3.39. The molecule has 1 fully saturated rings. The minimum absolute atomic E-state index is 0.844. The predicted octanol–water partition coefficient (Wildman–Crippen LogP) is 2.38. The minimum atomic E-state index is 0.844. The molecule has 108 valence electrons. The molecule has 0 unspecified atom stereocenters. The van der Waals surface area contributed by atoms with Crippen molar-refractivity contribution in [1.29, 1.82) is 0 Å². The van der Waals surface area contributed by atoms with Crippen LogP contribution in [-0.2, 0) is 25.9 Å². The Balaban J connectivity index is 1.47. The van der Waals surface area contributed by atoms with Crippen molar-refractivity contribution in [1.82, 2.24) is 19.9 Å². The summed E-state index contributed by atoms with van der Waals surface area (Å²) in [6.07, 6.45) is 8.74. The van der Waals surface area contributed by atoms with Crippen LogP contribution in [0.4, 0.5) is 0 Å². The second-order valence-electron chi connectivity index (χ2n) is 6.19. The first-order valence-electron chi connectivity index (χ1n) is 7.83. The summed E-state index contributed by atoms with van der Waals surface area (Å²) in [5.41, 5.74) is 3.68. The number of rotatable bonds is 4. The molecule has 2 aromatic rings. The zero-order valence-electron chi connectivity index (χ0n) is 12.2. The molecule has 0 radical (unpaired) electrons. The Morgan fingerprint density at radius 3 is 2.95 bits per heavy atom. The average molecular weight is 280 g/mol. The van der Waals surface area contributed by atoms with Gasteiger partial charge >= 0.3 is 0 Å². The Morgan fingerprint density at radius 2 is 2.14 bits per heavy atom. The van der Waals surface area contributed by atoms with E-state index in [1.54, 1.807) is 0 Å². The summed E-state index contributed by atoms with van der Waals surface area (Å²) in [5, 5.41) is 0. The average Bonchev–Trinajstić information content (AvgIpc) is 3.32. The highest BCUT2D eigenvalue weighted by Crippen LogP contribution is 2.32. The third-order valence-corrected chi connectivity index (χ3v) is 4.35. The SMILES string of the molecule is c1ccc(CN2CCc3cnc(CC4CC4)nc3C2)nc1. The monoisotopic (exact) mass is 280 g/mol. The minimum Gasteiger partial charge on any atom is -0.291 e. The van der Waals surface area contributed by atoms with Crippen molar-refractivity contribution in [3.8, 4) is 0 Å². The lowest BCUT2D eigenvalue weighted by Crippen LogP contribution is -2.31. The maximum Gasteiger partial charge on any atom is 0.128 e. The second kappa shape index (κ2) is 5.53. The molecule has 1 saturated carbocycles. The van der Waals surface area contributed by atoms with E-state index in [0.29, 0.717) is 0 Å². The van der Waals surface area contributed by atoms with Crippen LogP contribution in [-0.4, -0.2) is 26.4 Å². The number of fused-ring (bicyclic) bond motifs is 1. The van der Waals surface area contributed by atoms with E-state index in [1.807, 2.05) is 12.3 Å². The van der Waals surface area contributed by atoms with Gasteiger partial charge in [-0.2, -0.15) is 0 Å². The van der Waals surface area contributed by atoms with Crippen molar-refractivity contribution in [2.75, 3.05) is 6.54 Å². The van der Waals surface area contributed by atoms with Crippen molar-refractivity contribution in [2.45, 2.75) is 38.8 Å². The van der Waals surface area contributed by atoms with Crippen LogP contribution in [0.3, 0.4) is 0 Å². The van der Waals surface area contributed by atoms with Crippen LogP contribution in [0.5, 0.6) is 0 Å². The largest absolute Gasteiger partial charge is 0.291 e. The van der Waals surface area contributed by atoms with E-state index in [9.17, 15) is 0 Å². The van der Waals surface area contributed by atoms with Gasteiger partial charge in [-0.1, -0.05) is 6.07 Å². The Bertz CT molecular complexity index is 622. The van der Waals surface area contributed by atoms with E-state index in [-0.39, 0.29) is 0 Å². The highest BCUT2D eigenvalue weighted by molar-refractivity contribution is 5.21. The predicted molar refractivity (Wildman–Crippen MR) is 80.5 cm³/mol. The summed E-state index contributed by atoms with van der Waals surface area (Å²) in [5.74, 6) is 1.88. The van der Waals surface area contributed by atoms with Gasteiger partial charge in [0.1, 0.15) is 5.82 Å². The van der Waals surface area contributed by atoms with Gasteiger partial charge in [0.05, 0.1) is 11.4 Å². The smallest absolute Gasteiger partial charge is 0.128 e. The molecule has 2 aliphatic rings. The molecule has 1 aliphatic carbocycles. The number of hydrogen-bond acceptors (Lipinski definition) is 4. The molecule has 0 bridgehead atoms. The van der Waals surface area contributed by atoms with Crippen molar-refractivity contribution in [3.05, 3.63) is 53.4 Å². The number of aromatic nitrogens is 3. The summed E-state index contributed by atoms with van der Waals surface area (Å²) in [7, 11) is 0. The molecule has 0 aromatic carbocycles. The molecule has 1 aliphatic heterocycles. The molecular formula is C17H20N4. The number of nitrogens with zero attached hydrogens (tertiary/aromatic N) is 4. The second-order valence-corrected chi connectivity index (χ2v) is 6.19. The highest BCUT2D eigenvalue weighted by atomic mass is 15.1. The summed E-state index contributed by atoms with van der Waals surface area (Å²) in [6, 6.07) is 6.11. The third-order valence-electron chi connectivity index (χ3n) is 4.35. The summed E-state index contributed by atoms with van der Waals surface area (Å²) in [4.78, 5) is 16.2. The van der Waals surface area contributed by atoms with Crippen LogP contribution < -0.4 is 0 Å². The van der Waals surface area contributed by atoms with E-state index < -0.39 is 0 Å². The maximum absolute atomic E-state index is 4.81. The molecule has 4 nitrogen and oxygen atoms in total. The van der Waals surface area contributed by atoms with Gasteiger partial charge in [0.15, 0.2) is 0 Å². The van der Waals surface area contributed by atoms with Crippen LogP contribution in [0.25, 0.3) is 0 Å². The summed E-state index contributed by atoms with van der Waals surface area (Å²) >= 11 is 0.